The standard InChI is InChI=1S/C26H29N3O4S/c1-14-11-18(32-6)19(20-21(14)28-24(30)23-22(20)27-13-34-23)17-9-7-16(8-10-17)15(2)12-33-25(31)29-26(3,4)5/h7-11,13,15H,12H2,1-6H3,(H,28,30)(H,29,31)/t15-/m0/s1. The zero-order valence-corrected chi connectivity index (χ0v) is 21.1. The van der Waals surface area contributed by atoms with E-state index in [1.165, 1.54) is 11.3 Å². The highest BCUT2D eigenvalue weighted by atomic mass is 32.1. The van der Waals surface area contributed by atoms with Crippen LogP contribution in [-0.4, -0.2) is 35.3 Å². The third kappa shape index (κ3) is 4.63. The minimum atomic E-state index is -0.423. The highest BCUT2D eigenvalue weighted by Gasteiger charge is 2.20. The molecule has 0 radical (unpaired) electrons. The van der Waals surface area contributed by atoms with Gasteiger partial charge >= 0.3 is 6.09 Å². The second kappa shape index (κ2) is 9.10. The lowest BCUT2D eigenvalue weighted by Gasteiger charge is -2.21. The Kier molecular flexibility index (Phi) is 6.36. The Balaban J connectivity index is 1.70. The fourth-order valence-corrected chi connectivity index (χ4v) is 4.69. The van der Waals surface area contributed by atoms with Gasteiger partial charge in [-0.15, -0.1) is 11.3 Å². The molecule has 178 valence electrons. The van der Waals surface area contributed by atoms with Gasteiger partial charge in [0.15, 0.2) is 0 Å². The molecule has 0 bridgehead atoms. The number of H-pyrrole nitrogens is 1. The summed E-state index contributed by atoms with van der Waals surface area (Å²) in [7, 11) is 1.64. The number of aryl methyl sites for hydroxylation is 1. The van der Waals surface area contributed by atoms with Crippen molar-refractivity contribution >= 4 is 38.5 Å². The van der Waals surface area contributed by atoms with Crippen molar-refractivity contribution in [2.45, 2.75) is 46.1 Å². The van der Waals surface area contributed by atoms with Crippen LogP contribution in [0.25, 0.3) is 32.2 Å². The Morgan fingerprint density at radius 3 is 2.59 bits per heavy atom. The molecular weight excluding hydrogens is 450 g/mol. The van der Waals surface area contributed by atoms with Gasteiger partial charge < -0.3 is 19.8 Å². The number of thiazole rings is 1. The number of methoxy groups -OCH3 is 1. The lowest BCUT2D eigenvalue weighted by molar-refractivity contribution is 0.132. The van der Waals surface area contributed by atoms with Gasteiger partial charge in [0.2, 0.25) is 0 Å². The van der Waals surface area contributed by atoms with Crippen molar-refractivity contribution in [2.75, 3.05) is 13.7 Å². The molecule has 0 saturated heterocycles. The number of fused-ring (bicyclic) bond motifs is 3. The monoisotopic (exact) mass is 479 g/mol. The van der Waals surface area contributed by atoms with Crippen LogP contribution in [0.4, 0.5) is 4.79 Å². The number of alkyl carbamates (subject to hydrolysis) is 1. The largest absolute Gasteiger partial charge is 0.496 e. The van der Waals surface area contributed by atoms with Gasteiger partial charge in [-0.25, -0.2) is 9.78 Å². The molecule has 0 saturated carbocycles. The molecular formula is C26H29N3O4S. The number of aromatic amines is 1. The molecule has 0 aliphatic carbocycles. The molecule has 0 fully saturated rings. The fourth-order valence-electron chi connectivity index (χ4n) is 4.00. The summed E-state index contributed by atoms with van der Waals surface area (Å²) in [4.78, 5) is 32.1. The third-order valence-electron chi connectivity index (χ3n) is 5.67. The summed E-state index contributed by atoms with van der Waals surface area (Å²) in [5.74, 6) is 0.743. The molecule has 0 aliphatic rings. The van der Waals surface area contributed by atoms with E-state index in [4.69, 9.17) is 9.47 Å². The first-order valence-corrected chi connectivity index (χ1v) is 12.0. The fraction of sp³-hybridized carbons (Fsp3) is 0.346. The average Bonchev–Trinajstić information content (AvgIpc) is 3.28. The second-order valence-corrected chi connectivity index (χ2v) is 10.4. The van der Waals surface area contributed by atoms with Crippen molar-refractivity contribution in [3.63, 3.8) is 0 Å². The molecule has 8 heteroatoms. The third-order valence-corrected chi connectivity index (χ3v) is 6.49. The first-order valence-electron chi connectivity index (χ1n) is 11.1. The number of hydrogen-bond acceptors (Lipinski definition) is 6. The van der Waals surface area contributed by atoms with Gasteiger partial charge in [-0.2, -0.15) is 0 Å². The predicted molar refractivity (Wildman–Crippen MR) is 137 cm³/mol. The minimum absolute atomic E-state index is 0.0260. The Hall–Kier alpha value is -3.39. The highest BCUT2D eigenvalue weighted by molar-refractivity contribution is 7.16. The number of hydrogen-bond donors (Lipinski definition) is 2. The predicted octanol–water partition coefficient (Wildman–Crippen LogP) is 5.75. The molecule has 0 aliphatic heterocycles. The Bertz CT molecular complexity index is 1410. The van der Waals surface area contributed by atoms with E-state index in [0.29, 0.717) is 16.0 Å². The van der Waals surface area contributed by atoms with Crippen molar-refractivity contribution < 1.29 is 14.3 Å². The molecule has 4 rings (SSSR count). The first-order chi connectivity index (χ1) is 16.1. The average molecular weight is 480 g/mol. The maximum Gasteiger partial charge on any atom is 0.407 e. The summed E-state index contributed by atoms with van der Waals surface area (Å²) >= 11 is 1.33. The van der Waals surface area contributed by atoms with E-state index in [0.717, 1.165) is 33.2 Å². The van der Waals surface area contributed by atoms with Crippen LogP contribution in [-0.2, 0) is 4.74 Å². The van der Waals surface area contributed by atoms with E-state index in [9.17, 15) is 9.59 Å². The number of nitrogens with one attached hydrogen (secondary N) is 2. The molecule has 34 heavy (non-hydrogen) atoms. The molecule has 1 atom stereocenters. The van der Waals surface area contributed by atoms with Crippen LogP contribution < -0.4 is 15.6 Å². The maximum absolute atomic E-state index is 12.6. The summed E-state index contributed by atoms with van der Waals surface area (Å²) in [6.07, 6.45) is -0.423. The first kappa shape index (κ1) is 23.8. The number of benzene rings is 2. The topological polar surface area (TPSA) is 93.3 Å². The zero-order valence-electron chi connectivity index (χ0n) is 20.2. The van der Waals surface area contributed by atoms with Crippen molar-refractivity contribution in [3.05, 3.63) is 57.3 Å². The quantitative estimate of drug-likeness (QED) is 0.380. The van der Waals surface area contributed by atoms with Gasteiger partial charge in [-0.05, 0) is 50.5 Å². The van der Waals surface area contributed by atoms with Crippen LogP contribution in [0.15, 0.2) is 40.6 Å². The molecule has 2 aromatic heterocycles. The van der Waals surface area contributed by atoms with Crippen LogP contribution in [0.3, 0.4) is 0 Å². The Morgan fingerprint density at radius 1 is 1.24 bits per heavy atom. The van der Waals surface area contributed by atoms with E-state index < -0.39 is 6.09 Å². The van der Waals surface area contributed by atoms with Gasteiger partial charge in [0.25, 0.3) is 5.56 Å². The van der Waals surface area contributed by atoms with Crippen LogP contribution in [0.5, 0.6) is 5.75 Å². The lowest BCUT2D eigenvalue weighted by Crippen LogP contribution is -2.41. The molecule has 2 aromatic carbocycles. The maximum atomic E-state index is 12.6. The Morgan fingerprint density at radius 2 is 1.94 bits per heavy atom. The van der Waals surface area contributed by atoms with Crippen LogP contribution in [0, 0.1) is 6.92 Å². The highest BCUT2D eigenvalue weighted by Crippen LogP contribution is 2.41. The van der Waals surface area contributed by atoms with Crippen molar-refractivity contribution in [3.8, 4) is 16.9 Å². The summed E-state index contributed by atoms with van der Waals surface area (Å²) < 4.78 is 11.7. The normalized spacial score (nSPS) is 12.6. The molecule has 0 unspecified atom stereocenters. The van der Waals surface area contributed by atoms with Gasteiger partial charge in [0, 0.05) is 22.4 Å². The summed E-state index contributed by atoms with van der Waals surface area (Å²) in [5, 5.41) is 3.67. The van der Waals surface area contributed by atoms with Crippen LogP contribution >= 0.6 is 11.3 Å². The van der Waals surface area contributed by atoms with Crippen molar-refractivity contribution in [1.29, 1.82) is 0 Å². The summed E-state index contributed by atoms with van der Waals surface area (Å²) in [5.41, 5.74) is 6.45. The van der Waals surface area contributed by atoms with E-state index >= 15 is 0 Å². The van der Waals surface area contributed by atoms with E-state index in [1.807, 2.05) is 65.0 Å². The molecule has 7 nitrogen and oxygen atoms in total. The molecule has 4 aromatic rings. The number of aromatic nitrogens is 2. The number of carbonyl (C=O) groups excluding carboxylic acids is 1. The Labute approximate surface area is 202 Å². The molecule has 2 N–H and O–H groups in total. The van der Waals surface area contributed by atoms with E-state index in [2.05, 4.69) is 15.3 Å². The van der Waals surface area contributed by atoms with Gasteiger partial charge in [0.05, 0.1) is 30.3 Å². The number of nitrogens with zero attached hydrogens (tertiary/aromatic N) is 1. The molecule has 0 spiro atoms. The van der Waals surface area contributed by atoms with E-state index in [1.54, 1.807) is 12.6 Å². The second-order valence-electron chi connectivity index (χ2n) is 9.50. The van der Waals surface area contributed by atoms with Crippen LogP contribution in [0.1, 0.15) is 44.7 Å². The molecule has 2 heterocycles. The van der Waals surface area contributed by atoms with Crippen molar-refractivity contribution in [2.24, 2.45) is 0 Å². The lowest BCUT2D eigenvalue weighted by atomic mass is 9.93. The van der Waals surface area contributed by atoms with Gasteiger partial charge in [0.1, 0.15) is 10.4 Å². The summed E-state index contributed by atoms with van der Waals surface area (Å²) in [6.45, 7) is 9.98. The minimum Gasteiger partial charge on any atom is -0.496 e. The smallest absolute Gasteiger partial charge is 0.407 e. The molecule has 1 amide bonds. The van der Waals surface area contributed by atoms with Crippen LogP contribution in [0.2, 0.25) is 0 Å². The van der Waals surface area contributed by atoms with E-state index in [-0.39, 0.29) is 23.6 Å². The number of carbonyl (C=O) groups is 1. The number of amides is 1. The SMILES string of the molecule is COc1cc(C)c2[nH]c(=O)c3scnc3c2c1-c1ccc([C@@H](C)COC(=O)NC(C)(C)C)cc1. The summed E-state index contributed by atoms with van der Waals surface area (Å²) in [6, 6.07) is 10.0. The van der Waals surface area contributed by atoms with Crippen molar-refractivity contribution in [1.82, 2.24) is 15.3 Å². The number of ether oxygens (including phenoxy) is 2. The number of pyridine rings is 1. The number of rotatable bonds is 5. The van der Waals surface area contributed by atoms with Gasteiger partial charge in [-0.1, -0.05) is 31.2 Å². The zero-order chi connectivity index (χ0) is 24.6. The van der Waals surface area contributed by atoms with Gasteiger partial charge in [-0.3, -0.25) is 4.79 Å².